The average Bonchev–Trinajstić information content (AvgIpc) is 2.43. The summed E-state index contributed by atoms with van der Waals surface area (Å²) in [4.78, 5) is 16.9. The molecule has 1 aromatic rings. The van der Waals surface area contributed by atoms with Crippen LogP contribution < -0.4 is 5.32 Å². The Morgan fingerprint density at radius 2 is 1.59 bits per heavy atom. The fraction of sp³-hybridized carbons (Fsp3) is 0.611. The molecule has 4 heteroatoms. The molecule has 0 aliphatic heterocycles. The lowest BCUT2D eigenvalue weighted by Crippen LogP contribution is -2.44. The number of carbonyl (C=O) groups excluding carboxylic acids is 1. The van der Waals surface area contributed by atoms with Crippen molar-refractivity contribution in [1.82, 2.24) is 15.1 Å². The predicted molar refractivity (Wildman–Crippen MR) is 92.9 cm³/mol. The van der Waals surface area contributed by atoms with Gasteiger partial charge in [0.25, 0.3) is 0 Å². The summed E-state index contributed by atoms with van der Waals surface area (Å²) >= 11 is 0. The number of likely N-dealkylation sites (N-methyl/N-ethyl adjacent to an activating group) is 1. The van der Waals surface area contributed by atoms with Crippen LogP contribution in [-0.2, 0) is 4.79 Å². The van der Waals surface area contributed by atoms with Gasteiger partial charge in [0.05, 0.1) is 0 Å². The van der Waals surface area contributed by atoms with Gasteiger partial charge in [-0.2, -0.15) is 0 Å². The van der Waals surface area contributed by atoms with E-state index in [1.165, 1.54) is 0 Å². The van der Waals surface area contributed by atoms with Gasteiger partial charge < -0.3 is 5.32 Å². The summed E-state index contributed by atoms with van der Waals surface area (Å²) in [6.07, 6.45) is 0. The molecule has 0 bridgehead atoms. The van der Waals surface area contributed by atoms with Gasteiger partial charge in [-0.3, -0.25) is 14.6 Å². The van der Waals surface area contributed by atoms with E-state index in [4.69, 9.17) is 0 Å². The molecule has 1 amide bonds. The van der Waals surface area contributed by atoms with Crippen molar-refractivity contribution in [2.75, 3.05) is 27.2 Å². The molecule has 1 N–H and O–H groups in total. The highest BCUT2D eigenvalue weighted by Crippen LogP contribution is 2.17. The van der Waals surface area contributed by atoms with Crippen LogP contribution in [0.2, 0.25) is 0 Å². The molecule has 0 spiro atoms. The fourth-order valence-corrected chi connectivity index (χ4v) is 2.84. The van der Waals surface area contributed by atoms with Crippen LogP contribution in [0.3, 0.4) is 0 Å². The monoisotopic (exact) mass is 305 g/mol. The van der Waals surface area contributed by atoms with Crippen molar-refractivity contribution in [1.29, 1.82) is 0 Å². The molecule has 0 aromatic heterocycles. The lowest BCUT2D eigenvalue weighted by Gasteiger charge is -2.31. The van der Waals surface area contributed by atoms with Crippen LogP contribution in [0.15, 0.2) is 30.3 Å². The molecule has 0 fully saturated rings. The molecular weight excluding hydrogens is 274 g/mol. The number of hydrogen-bond acceptors (Lipinski definition) is 3. The lowest BCUT2D eigenvalue weighted by atomic mass is 10.1. The molecule has 0 radical (unpaired) electrons. The zero-order valence-corrected chi connectivity index (χ0v) is 14.8. The zero-order chi connectivity index (χ0) is 16.7. The van der Waals surface area contributed by atoms with Gasteiger partial charge in [0, 0.05) is 25.2 Å². The number of amides is 1. The molecule has 0 unspecified atom stereocenters. The van der Waals surface area contributed by atoms with Gasteiger partial charge >= 0.3 is 0 Å². The summed E-state index contributed by atoms with van der Waals surface area (Å²) < 4.78 is 0. The summed E-state index contributed by atoms with van der Waals surface area (Å²) in [5, 5.41) is 3.08. The Balaban J connectivity index is 2.62. The van der Waals surface area contributed by atoms with E-state index in [9.17, 15) is 4.79 Å². The number of nitrogens with one attached hydrogen (secondary N) is 1. The van der Waals surface area contributed by atoms with E-state index in [2.05, 4.69) is 37.9 Å². The second-order valence-electron chi connectivity index (χ2n) is 6.49. The average molecular weight is 305 g/mol. The number of carbonyl (C=O) groups is 1. The molecule has 4 nitrogen and oxygen atoms in total. The van der Waals surface area contributed by atoms with E-state index < -0.39 is 0 Å². The minimum atomic E-state index is -0.243. The van der Waals surface area contributed by atoms with Gasteiger partial charge in [-0.1, -0.05) is 30.3 Å². The fourth-order valence-electron chi connectivity index (χ4n) is 2.84. The quantitative estimate of drug-likeness (QED) is 0.801. The van der Waals surface area contributed by atoms with Gasteiger partial charge in [0.2, 0.25) is 5.91 Å². The van der Waals surface area contributed by atoms with Crippen LogP contribution in [-0.4, -0.2) is 55.0 Å². The van der Waals surface area contributed by atoms with Gasteiger partial charge in [0.15, 0.2) is 0 Å². The highest BCUT2D eigenvalue weighted by molar-refractivity contribution is 5.83. The van der Waals surface area contributed by atoms with E-state index in [0.29, 0.717) is 18.6 Å². The van der Waals surface area contributed by atoms with Gasteiger partial charge in [0.1, 0.15) is 6.04 Å². The minimum Gasteiger partial charge on any atom is -0.353 e. The summed E-state index contributed by atoms with van der Waals surface area (Å²) in [6.45, 7) is 10.3. The van der Waals surface area contributed by atoms with E-state index in [1.54, 1.807) is 0 Å². The Morgan fingerprint density at radius 3 is 2.05 bits per heavy atom. The Bertz CT molecular complexity index is 435. The second-order valence-corrected chi connectivity index (χ2v) is 6.49. The van der Waals surface area contributed by atoms with Crippen LogP contribution in [0.25, 0.3) is 0 Å². The van der Waals surface area contributed by atoms with Gasteiger partial charge in [-0.25, -0.2) is 0 Å². The lowest BCUT2D eigenvalue weighted by molar-refractivity contribution is -0.125. The number of benzene rings is 1. The highest BCUT2D eigenvalue weighted by Gasteiger charge is 2.22. The summed E-state index contributed by atoms with van der Waals surface area (Å²) in [5.74, 6) is 0.0589. The molecule has 1 aromatic carbocycles. The van der Waals surface area contributed by atoms with Crippen molar-refractivity contribution in [3.8, 4) is 0 Å². The topological polar surface area (TPSA) is 35.6 Å². The van der Waals surface area contributed by atoms with Crippen LogP contribution in [0.4, 0.5) is 0 Å². The van der Waals surface area contributed by atoms with E-state index in [-0.39, 0.29) is 11.9 Å². The SMILES string of the molecule is CC(C)N(CCNC(=O)[C@H](c1ccccc1)N(C)C)C(C)C. The maximum Gasteiger partial charge on any atom is 0.241 e. The van der Waals surface area contributed by atoms with Crippen LogP contribution in [0.5, 0.6) is 0 Å². The minimum absolute atomic E-state index is 0.0589. The van der Waals surface area contributed by atoms with Crippen LogP contribution in [0, 0.1) is 0 Å². The van der Waals surface area contributed by atoms with Crippen LogP contribution >= 0.6 is 0 Å². The first-order valence-corrected chi connectivity index (χ1v) is 8.09. The Labute approximate surface area is 135 Å². The van der Waals surface area contributed by atoms with Crippen molar-refractivity contribution in [2.24, 2.45) is 0 Å². The standard InChI is InChI=1S/C18H31N3O/c1-14(2)21(15(3)4)13-12-19-18(22)17(20(5)6)16-10-8-7-9-11-16/h7-11,14-15,17H,12-13H2,1-6H3,(H,19,22)/t17-/m0/s1. The Kier molecular flexibility index (Phi) is 7.56. The van der Waals surface area contributed by atoms with E-state index >= 15 is 0 Å². The van der Waals surface area contributed by atoms with Gasteiger partial charge in [-0.05, 0) is 47.4 Å². The first-order valence-electron chi connectivity index (χ1n) is 8.09. The van der Waals surface area contributed by atoms with Crippen molar-refractivity contribution < 1.29 is 4.79 Å². The smallest absolute Gasteiger partial charge is 0.241 e. The summed E-state index contributed by atoms with van der Waals surface area (Å²) in [6, 6.07) is 10.6. The van der Waals surface area contributed by atoms with Crippen molar-refractivity contribution in [3.63, 3.8) is 0 Å². The third kappa shape index (κ3) is 5.43. The van der Waals surface area contributed by atoms with Crippen molar-refractivity contribution in [2.45, 2.75) is 45.8 Å². The van der Waals surface area contributed by atoms with Crippen molar-refractivity contribution >= 4 is 5.91 Å². The molecular formula is C18H31N3O. The zero-order valence-electron chi connectivity index (χ0n) is 14.8. The number of nitrogens with zero attached hydrogens (tertiary/aromatic N) is 2. The molecule has 1 atom stereocenters. The first-order chi connectivity index (χ1) is 10.3. The molecule has 0 saturated heterocycles. The molecule has 0 heterocycles. The van der Waals surface area contributed by atoms with E-state index in [1.807, 2.05) is 49.3 Å². The van der Waals surface area contributed by atoms with Crippen LogP contribution in [0.1, 0.15) is 39.3 Å². The Morgan fingerprint density at radius 1 is 1.05 bits per heavy atom. The molecule has 124 valence electrons. The number of rotatable bonds is 8. The van der Waals surface area contributed by atoms with Gasteiger partial charge in [-0.15, -0.1) is 0 Å². The van der Waals surface area contributed by atoms with Crippen molar-refractivity contribution in [3.05, 3.63) is 35.9 Å². The summed E-state index contributed by atoms with van der Waals surface area (Å²) in [7, 11) is 3.87. The third-order valence-electron chi connectivity index (χ3n) is 3.88. The molecule has 1 rings (SSSR count). The molecule has 0 aliphatic rings. The largest absolute Gasteiger partial charge is 0.353 e. The second kappa shape index (κ2) is 8.91. The molecule has 22 heavy (non-hydrogen) atoms. The predicted octanol–water partition coefficient (Wildman–Crippen LogP) is 2.52. The third-order valence-corrected chi connectivity index (χ3v) is 3.88. The molecule has 0 saturated carbocycles. The number of hydrogen-bond donors (Lipinski definition) is 1. The maximum absolute atomic E-state index is 12.5. The van der Waals surface area contributed by atoms with E-state index in [0.717, 1.165) is 12.1 Å². The normalized spacial score (nSPS) is 13.2. The first kappa shape index (κ1) is 18.7. The Hall–Kier alpha value is -1.39. The highest BCUT2D eigenvalue weighted by atomic mass is 16.2. The summed E-state index contributed by atoms with van der Waals surface area (Å²) in [5.41, 5.74) is 1.02. The molecule has 0 aliphatic carbocycles. The maximum atomic E-state index is 12.5.